The zero-order chi connectivity index (χ0) is 32.2. The van der Waals surface area contributed by atoms with E-state index in [2.05, 4.69) is 24.0 Å². The van der Waals surface area contributed by atoms with Gasteiger partial charge in [0.2, 0.25) is 5.13 Å². The van der Waals surface area contributed by atoms with E-state index in [-0.39, 0.29) is 16.5 Å². The normalized spacial score (nSPS) is 16.1. The van der Waals surface area contributed by atoms with Gasteiger partial charge in [0.25, 0.3) is 5.78 Å². The van der Waals surface area contributed by atoms with Crippen LogP contribution in [0.1, 0.15) is 43.0 Å². The standard InChI is InChI=1S/C32H28Cl3N3O5S2/c1-17(2)12-13-43-24-11-7-19(14-25(24)42-3)27-26(28(39)18-4-8-21(33)9-5-18)29(40)30(41)38(27)31-36-37-32(45-31)44-16-20-6-10-22(34)15-23(20)35/h4-11,14-15,17,27,39H,12-13,16H2,1-3H3/b28-26-. The number of hydrogen-bond donors (Lipinski definition) is 1. The summed E-state index contributed by atoms with van der Waals surface area (Å²) in [5.41, 5.74) is 1.59. The molecule has 1 aliphatic heterocycles. The van der Waals surface area contributed by atoms with Crippen molar-refractivity contribution in [1.82, 2.24) is 10.2 Å². The SMILES string of the molecule is COc1cc(C2/C(=C(/O)c3ccc(Cl)cc3)C(=O)C(=O)N2c2nnc(SCc3ccc(Cl)cc3Cl)s2)ccc1OCCC(C)C. The molecule has 3 aromatic carbocycles. The lowest BCUT2D eigenvalue weighted by Crippen LogP contribution is -2.29. The minimum atomic E-state index is -1.03. The van der Waals surface area contributed by atoms with Crippen LogP contribution in [0.25, 0.3) is 5.76 Å². The Balaban J connectivity index is 1.54. The molecule has 45 heavy (non-hydrogen) atoms. The van der Waals surface area contributed by atoms with Gasteiger partial charge in [0.05, 0.1) is 25.3 Å². The van der Waals surface area contributed by atoms with Crippen LogP contribution in [-0.4, -0.2) is 40.7 Å². The fourth-order valence-corrected chi connectivity index (χ4v) is 7.18. The summed E-state index contributed by atoms with van der Waals surface area (Å²) >= 11 is 20.9. The highest BCUT2D eigenvalue weighted by Gasteiger charge is 2.48. The van der Waals surface area contributed by atoms with Crippen molar-refractivity contribution in [2.24, 2.45) is 5.92 Å². The number of anilines is 1. The Morgan fingerprint density at radius 1 is 1.00 bits per heavy atom. The summed E-state index contributed by atoms with van der Waals surface area (Å²) in [7, 11) is 1.51. The van der Waals surface area contributed by atoms with Crippen LogP contribution in [0.2, 0.25) is 15.1 Å². The first-order valence-corrected chi connectivity index (χ1v) is 16.8. The second-order valence-corrected chi connectivity index (χ2v) is 14.0. The Hall–Kier alpha value is -3.28. The minimum Gasteiger partial charge on any atom is -0.507 e. The number of aromatic nitrogens is 2. The second-order valence-electron chi connectivity index (χ2n) is 10.5. The number of hydrogen-bond acceptors (Lipinski definition) is 9. The van der Waals surface area contributed by atoms with E-state index in [1.807, 2.05) is 6.07 Å². The summed E-state index contributed by atoms with van der Waals surface area (Å²) in [6.45, 7) is 4.71. The summed E-state index contributed by atoms with van der Waals surface area (Å²) in [6.07, 6.45) is 0.855. The van der Waals surface area contributed by atoms with E-state index in [1.54, 1.807) is 54.6 Å². The average Bonchev–Trinajstić information content (AvgIpc) is 3.58. The highest BCUT2D eigenvalue weighted by Crippen LogP contribution is 2.46. The summed E-state index contributed by atoms with van der Waals surface area (Å²) in [5.74, 6) is -0.167. The number of aliphatic hydroxyl groups is 1. The zero-order valence-corrected chi connectivity index (χ0v) is 28.3. The van der Waals surface area contributed by atoms with Gasteiger partial charge in [0, 0.05) is 26.4 Å². The van der Waals surface area contributed by atoms with Crippen LogP contribution in [-0.2, 0) is 15.3 Å². The number of methoxy groups -OCH3 is 1. The maximum Gasteiger partial charge on any atom is 0.301 e. The maximum absolute atomic E-state index is 13.6. The predicted octanol–water partition coefficient (Wildman–Crippen LogP) is 8.85. The van der Waals surface area contributed by atoms with Crippen molar-refractivity contribution in [3.63, 3.8) is 0 Å². The van der Waals surface area contributed by atoms with E-state index in [1.165, 1.54) is 23.8 Å². The molecule has 1 aromatic heterocycles. The number of aliphatic hydroxyl groups excluding tert-OH is 1. The molecule has 4 aromatic rings. The van der Waals surface area contributed by atoms with Gasteiger partial charge in [-0.25, -0.2) is 0 Å². The quantitative estimate of drug-likeness (QED) is 0.0543. The summed E-state index contributed by atoms with van der Waals surface area (Å²) < 4.78 is 12.1. The Morgan fingerprint density at radius 3 is 2.42 bits per heavy atom. The molecule has 2 heterocycles. The molecule has 0 bridgehead atoms. The molecule has 0 saturated carbocycles. The van der Waals surface area contributed by atoms with Crippen molar-refractivity contribution in [2.75, 3.05) is 18.6 Å². The van der Waals surface area contributed by atoms with Gasteiger partial charge in [-0.2, -0.15) is 0 Å². The van der Waals surface area contributed by atoms with Crippen molar-refractivity contribution >= 4 is 80.5 Å². The van der Waals surface area contributed by atoms with Gasteiger partial charge in [-0.3, -0.25) is 14.5 Å². The molecule has 0 radical (unpaired) electrons. The molecule has 0 spiro atoms. The number of thioether (sulfide) groups is 1. The number of Topliss-reactive ketones (excluding diaryl/α,β-unsaturated/α-hetero) is 1. The van der Waals surface area contributed by atoms with Gasteiger partial charge in [0.1, 0.15) is 5.76 Å². The second kappa shape index (κ2) is 14.4. The molecule has 0 aliphatic carbocycles. The van der Waals surface area contributed by atoms with Crippen LogP contribution < -0.4 is 14.4 Å². The lowest BCUT2D eigenvalue weighted by atomic mass is 9.95. The number of carbonyl (C=O) groups is 2. The Kier molecular flexibility index (Phi) is 10.6. The third-order valence-corrected chi connectivity index (χ3v) is 9.93. The number of amides is 1. The first-order valence-electron chi connectivity index (χ1n) is 13.8. The van der Waals surface area contributed by atoms with Gasteiger partial charge in [-0.15, -0.1) is 10.2 Å². The summed E-state index contributed by atoms with van der Waals surface area (Å²) in [5, 5.41) is 21.7. The smallest absolute Gasteiger partial charge is 0.301 e. The molecule has 8 nitrogen and oxygen atoms in total. The molecule has 1 atom stereocenters. The van der Waals surface area contributed by atoms with Crippen LogP contribution in [0.4, 0.5) is 5.13 Å². The van der Waals surface area contributed by atoms with Crippen molar-refractivity contribution < 1.29 is 24.2 Å². The van der Waals surface area contributed by atoms with Crippen LogP contribution in [0.3, 0.4) is 0 Å². The number of nitrogens with zero attached hydrogens (tertiary/aromatic N) is 3. The lowest BCUT2D eigenvalue weighted by Gasteiger charge is -2.23. The Bertz CT molecular complexity index is 1760. The van der Waals surface area contributed by atoms with Crippen molar-refractivity contribution in [3.8, 4) is 11.5 Å². The van der Waals surface area contributed by atoms with E-state index in [9.17, 15) is 14.7 Å². The highest BCUT2D eigenvalue weighted by molar-refractivity contribution is 8.00. The fraction of sp³-hybridized carbons (Fsp3) is 0.250. The van der Waals surface area contributed by atoms with E-state index >= 15 is 0 Å². The van der Waals surface area contributed by atoms with Gasteiger partial charge < -0.3 is 14.6 Å². The van der Waals surface area contributed by atoms with Crippen LogP contribution >= 0.6 is 57.9 Å². The van der Waals surface area contributed by atoms with Crippen molar-refractivity contribution in [1.29, 1.82) is 0 Å². The molecule has 13 heteroatoms. The topological polar surface area (TPSA) is 102 Å². The summed E-state index contributed by atoms with van der Waals surface area (Å²) in [6, 6.07) is 15.7. The van der Waals surface area contributed by atoms with Gasteiger partial charge in [0.15, 0.2) is 15.8 Å². The molecular formula is C32H28Cl3N3O5S2. The molecule has 5 rings (SSSR count). The lowest BCUT2D eigenvalue weighted by molar-refractivity contribution is -0.132. The molecule has 1 saturated heterocycles. The van der Waals surface area contributed by atoms with Crippen LogP contribution in [0.5, 0.6) is 11.5 Å². The van der Waals surface area contributed by atoms with E-state index < -0.39 is 17.7 Å². The number of ether oxygens (including phenoxy) is 2. The van der Waals surface area contributed by atoms with Crippen molar-refractivity contribution in [3.05, 3.63) is 98.0 Å². The number of rotatable bonds is 11. The largest absolute Gasteiger partial charge is 0.507 e. The average molecular weight is 705 g/mol. The maximum atomic E-state index is 13.6. The first-order chi connectivity index (χ1) is 21.6. The monoisotopic (exact) mass is 703 g/mol. The van der Waals surface area contributed by atoms with Gasteiger partial charge in [-0.1, -0.05) is 83.9 Å². The number of carbonyl (C=O) groups excluding carboxylic acids is 2. The fourth-order valence-electron chi connectivity index (χ4n) is 4.62. The zero-order valence-electron chi connectivity index (χ0n) is 24.4. The minimum absolute atomic E-state index is 0.102. The highest BCUT2D eigenvalue weighted by atomic mass is 35.5. The van der Waals surface area contributed by atoms with Crippen molar-refractivity contribution in [2.45, 2.75) is 36.4 Å². The molecule has 1 aliphatic rings. The van der Waals surface area contributed by atoms with Gasteiger partial charge in [-0.05, 0) is 72.0 Å². The molecule has 1 fully saturated rings. The van der Waals surface area contributed by atoms with Crippen LogP contribution in [0.15, 0.2) is 70.6 Å². The Labute approximate surface area is 283 Å². The van der Waals surface area contributed by atoms with Gasteiger partial charge >= 0.3 is 5.91 Å². The number of benzene rings is 3. The van der Waals surface area contributed by atoms with Crippen LogP contribution in [0, 0.1) is 5.92 Å². The molecule has 1 unspecified atom stereocenters. The third-order valence-electron chi connectivity index (χ3n) is 6.99. The molecular weight excluding hydrogens is 677 g/mol. The molecule has 1 N–H and O–H groups in total. The number of ketones is 1. The van der Waals surface area contributed by atoms with E-state index in [4.69, 9.17) is 44.3 Å². The predicted molar refractivity (Wildman–Crippen MR) is 180 cm³/mol. The number of halogens is 3. The van der Waals surface area contributed by atoms with E-state index in [0.29, 0.717) is 60.3 Å². The third kappa shape index (κ3) is 7.42. The summed E-state index contributed by atoms with van der Waals surface area (Å²) in [4.78, 5) is 28.5. The Morgan fingerprint density at radius 2 is 1.73 bits per heavy atom. The molecule has 1 amide bonds. The van der Waals surface area contributed by atoms with E-state index in [0.717, 1.165) is 23.3 Å². The first kappa shape index (κ1) is 33.1. The molecule has 234 valence electrons.